The fraction of sp³-hybridized carbons (Fsp3) is 0.222. The van der Waals surface area contributed by atoms with Gasteiger partial charge in [0.15, 0.2) is 0 Å². The Kier molecular flexibility index (Phi) is 5.92. The third kappa shape index (κ3) is 4.20. The molecule has 1 atom stereocenters. The van der Waals surface area contributed by atoms with E-state index < -0.39 is 11.0 Å². The third-order valence-electron chi connectivity index (χ3n) is 3.83. The molecule has 0 spiro atoms. The van der Waals surface area contributed by atoms with Crippen molar-refractivity contribution < 1.29 is 18.4 Å². The Balaban J connectivity index is 1.85. The molecule has 9 heteroatoms. The smallest absolute Gasteiger partial charge is 0.241 e. The number of hydrogen-bond acceptors (Lipinski definition) is 6. The van der Waals surface area contributed by atoms with Crippen molar-refractivity contribution in [3.63, 3.8) is 0 Å². The zero-order chi connectivity index (χ0) is 19.2. The first-order chi connectivity index (χ1) is 13.2. The topological polar surface area (TPSA) is 87.5 Å². The van der Waals surface area contributed by atoms with Crippen LogP contribution in [-0.2, 0) is 16.7 Å². The van der Waals surface area contributed by atoms with Crippen LogP contribution in [0.1, 0.15) is 5.56 Å². The van der Waals surface area contributed by atoms with Gasteiger partial charge in [-0.1, -0.05) is 18.2 Å². The molecule has 0 bridgehead atoms. The van der Waals surface area contributed by atoms with Gasteiger partial charge >= 0.3 is 0 Å². The quantitative estimate of drug-likeness (QED) is 0.638. The summed E-state index contributed by atoms with van der Waals surface area (Å²) < 4.78 is 33.1. The van der Waals surface area contributed by atoms with E-state index in [-0.39, 0.29) is 5.75 Å². The summed E-state index contributed by atoms with van der Waals surface area (Å²) in [5.41, 5.74) is 1.49. The predicted molar refractivity (Wildman–Crippen MR) is 103 cm³/mol. The Morgan fingerprint density at radius 2 is 1.74 bits per heavy atom. The lowest BCUT2D eigenvalue weighted by Gasteiger charge is -2.15. The summed E-state index contributed by atoms with van der Waals surface area (Å²) in [6.07, 6.45) is 1.51. The van der Waals surface area contributed by atoms with E-state index in [1.165, 1.54) is 6.33 Å². The highest BCUT2D eigenvalue weighted by atomic mass is 32.2. The standard InChI is InChI=1S/C18H20N4O4S/c1-24-14-7-4-6-13(10-14)11-27(23)21-18-20-19-12-22(18)17-15(25-2)8-5-9-16(17)26-3/h4-10,12H,11H2,1-3H3,(H,20,21). The molecule has 8 nitrogen and oxygen atoms in total. The second-order valence-electron chi connectivity index (χ2n) is 5.48. The molecule has 1 unspecified atom stereocenters. The van der Waals surface area contributed by atoms with Gasteiger partial charge in [-0.25, -0.2) is 4.21 Å². The molecule has 0 aliphatic heterocycles. The first kappa shape index (κ1) is 18.7. The van der Waals surface area contributed by atoms with Crippen LogP contribution >= 0.6 is 0 Å². The van der Waals surface area contributed by atoms with Crippen molar-refractivity contribution in [3.05, 3.63) is 54.4 Å². The molecule has 0 fully saturated rings. The maximum absolute atomic E-state index is 12.6. The van der Waals surface area contributed by atoms with Gasteiger partial charge in [-0.3, -0.25) is 9.29 Å². The monoisotopic (exact) mass is 388 g/mol. The van der Waals surface area contributed by atoms with Crippen molar-refractivity contribution in [2.75, 3.05) is 26.1 Å². The van der Waals surface area contributed by atoms with Crippen LogP contribution in [0.4, 0.5) is 5.95 Å². The summed E-state index contributed by atoms with van der Waals surface area (Å²) in [7, 11) is 3.30. The molecule has 1 heterocycles. The van der Waals surface area contributed by atoms with Crippen molar-refractivity contribution >= 4 is 16.9 Å². The van der Waals surface area contributed by atoms with E-state index in [2.05, 4.69) is 14.9 Å². The Morgan fingerprint density at radius 3 is 2.41 bits per heavy atom. The van der Waals surface area contributed by atoms with Gasteiger partial charge < -0.3 is 14.2 Å². The second-order valence-corrected chi connectivity index (χ2v) is 6.66. The molecular formula is C18H20N4O4S. The second kappa shape index (κ2) is 8.54. The van der Waals surface area contributed by atoms with Gasteiger partial charge in [0.1, 0.15) is 40.2 Å². The fourth-order valence-corrected chi connectivity index (χ4v) is 3.49. The SMILES string of the molecule is COc1cccc(CS(=O)Nc2nncn2-c2c(OC)cccc2OC)c1. The number of nitrogens with zero attached hydrogens (tertiary/aromatic N) is 3. The average molecular weight is 388 g/mol. The summed E-state index contributed by atoms with van der Waals surface area (Å²) >= 11 is 0. The molecule has 0 radical (unpaired) electrons. The number of methoxy groups -OCH3 is 3. The molecule has 0 saturated heterocycles. The van der Waals surface area contributed by atoms with Crippen LogP contribution in [0.2, 0.25) is 0 Å². The van der Waals surface area contributed by atoms with Gasteiger partial charge in [-0.2, -0.15) is 0 Å². The Morgan fingerprint density at radius 1 is 1.04 bits per heavy atom. The van der Waals surface area contributed by atoms with E-state index in [1.807, 2.05) is 30.3 Å². The molecule has 3 aromatic rings. The predicted octanol–water partition coefficient (Wildman–Crippen LogP) is 2.57. The van der Waals surface area contributed by atoms with Gasteiger partial charge in [0.25, 0.3) is 0 Å². The lowest BCUT2D eigenvalue weighted by atomic mass is 10.2. The van der Waals surface area contributed by atoms with Gasteiger partial charge in [-0.05, 0) is 29.8 Å². The lowest BCUT2D eigenvalue weighted by Crippen LogP contribution is -2.12. The number of ether oxygens (including phenoxy) is 3. The molecule has 0 aliphatic carbocycles. The van der Waals surface area contributed by atoms with Crippen LogP contribution in [0.25, 0.3) is 5.69 Å². The molecule has 0 amide bonds. The van der Waals surface area contributed by atoms with Crippen LogP contribution in [0.15, 0.2) is 48.8 Å². The molecule has 0 saturated carbocycles. The number of benzene rings is 2. The highest BCUT2D eigenvalue weighted by molar-refractivity contribution is 7.85. The number of nitrogens with one attached hydrogen (secondary N) is 1. The minimum atomic E-state index is -1.42. The van der Waals surface area contributed by atoms with E-state index in [0.29, 0.717) is 28.9 Å². The first-order valence-electron chi connectivity index (χ1n) is 8.05. The summed E-state index contributed by atoms with van der Waals surface area (Å²) in [5.74, 6) is 2.48. The summed E-state index contributed by atoms with van der Waals surface area (Å²) in [6, 6.07) is 12.8. The van der Waals surface area contributed by atoms with Crippen LogP contribution < -0.4 is 18.9 Å². The average Bonchev–Trinajstić information content (AvgIpc) is 3.14. The molecule has 1 N–H and O–H groups in total. The van der Waals surface area contributed by atoms with Crippen molar-refractivity contribution in [2.45, 2.75) is 5.75 Å². The zero-order valence-corrected chi connectivity index (χ0v) is 16.0. The first-order valence-corrected chi connectivity index (χ1v) is 9.37. The van der Waals surface area contributed by atoms with Crippen molar-refractivity contribution in [2.24, 2.45) is 0 Å². The normalized spacial score (nSPS) is 11.7. The van der Waals surface area contributed by atoms with Gasteiger partial charge in [-0.15, -0.1) is 10.2 Å². The lowest BCUT2D eigenvalue weighted by molar-refractivity contribution is 0.391. The highest BCUT2D eigenvalue weighted by Crippen LogP contribution is 2.33. The Hall–Kier alpha value is -3.07. The number of hydrogen-bond donors (Lipinski definition) is 1. The van der Waals surface area contributed by atoms with Crippen molar-refractivity contribution in [1.29, 1.82) is 0 Å². The van der Waals surface area contributed by atoms with E-state index in [0.717, 1.165) is 5.56 Å². The maximum Gasteiger partial charge on any atom is 0.241 e. The van der Waals surface area contributed by atoms with E-state index in [1.54, 1.807) is 38.0 Å². The van der Waals surface area contributed by atoms with Crippen molar-refractivity contribution in [3.8, 4) is 22.9 Å². The zero-order valence-electron chi connectivity index (χ0n) is 15.2. The summed E-state index contributed by atoms with van der Waals surface area (Å²) in [5, 5.41) is 7.95. The molecular weight excluding hydrogens is 368 g/mol. The van der Waals surface area contributed by atoms with Gasteiger partial charge in [0, 0.05) is 0 Å². The van der Waals surface area contributed by atoms with E-state index in [9.17, 15) is 4.21 Å². The number of aromatic nitrogens is 3. The molecule has 1 aromatic heterocycles. The van der Waals surface area contributed by atoms with E-state index in [4.69, 9.17) is 14.2 Å². The van der Waals surface area contributed by atoms with Crippen LogP contribution in [0.5, 0.6) is 17.2 Å². The Labute approximate surface area is 159 Å². The number of para-hydroxylation sites is 1. The fourth-order valence-electron chi connectivity index (χ4n) is 2.59. The van der Waals surface area contributed by atoms with Crippen molar-refractivity contribution in [1.82, 2.24) is 14.8 Å². The van der Waals surface area contributed by atoms with Crippen LogP contribution in [0, 0.1) is 0 Å². The van der Waals surface area contributed by atoms with Gasteiger partial charge in [0.2, 0.25) is 5.95 Å². The maximum atomic E-state index is 12.6. The Bertz CT molecular complexity index is 922. The third-order valence-corrected chi connectivity index (χ3v) is 4.83. The van der Waals surface area contributed by atoms with E-state index >= 15 is 0 Å². The minimum absolute atomic E-state index is 0.285. The number of anilines is 1. The van der Waals surface area contributed by atoms with Gasteiger partial charge in [0.05, 0.1) is 27.1 Å². The number of rotatable bonds is 8. The minimum Gasteiger partial charge on any atom is -0.497 e. The molecule has 142 valence electrons. The summed E-state index contributed by atoms with van der Waals surface area (Å²) in [6.45, 7) is 0. The highest BCUT2D eigenvalue weighted by Gasteiger charge is 2.17. The molecule has 2 aromatic carbocycles. The molecule has 27 heavy (non-hydrogen) atoms. The molecule has 3 rings (SSSR count). The molecule has 0 aliphatic rings. The van der Waals surface area contributed by atoms with Crippen LogP contribution in [0.3, 0.4) is 0 Å². The summed E-state index contributed by atoms with van der Waals surface area (Å²) in [4.78, 5) is 0. The largest absolute Gasteiger partial charge is 0.497 e. The van der Waals surface area contributed by atoms with Crippen LogP contribution in [-0.4, -0.2) is 40.3 Å².